The highest BCUT2D eigenvalue weighted by atomic mass is 79.9. The van der Waals surface area contributed by atoms with Gasteiger partial charge in [-0.05, 0) is 31.5 Å². The zero-order valence-corrected chi connectivity index (χ0v) is 14.3. The molecular weight excluding hydrogens is 332 g/mol. The highest BCUT2D eigenvalue weighted by Crippen LogP contribution is 2.24. The molecule has 1 fully saturated rings. The molecule has 1 aliphatic rings. The number of halogens is 1. The average Bonchev–Trinajstić information content (AvgIpc) is 2.50. The molecule has 1 aromatic carbocycles. The minimum absolute atomic E-state index is 0.130. The molecule has 0 radical (unpaired) electrons. The summed E-state index contributed by atoms with van der Waals surface area (Å²) in [5, 5.41) is 3.33. The summed E-state index contributed by atoms with van der Waals surface area (Å²) < 4.78 is 6.39. The van der Waals surface area contributed by atoms with Gasteiger partial charge < -0.3 is 10.1 Å². The molecule has 1 aliphatic heterocycles. The Kier molecular flexibility index (Phi) is 5.79. The fraction of sp³-hybridized carbons (Fsp3) is 0.562. The van der Waals surface area contributed by atoms with Gasteiger partial charge in [-0.2, -0.15) is 0 Å². The maximum atomic E-state index is 12.5. The number of nitrogens with one attached hydrogen (secondary N) is 1. The summed E-state index contributed by atoms with van der Waals surface area (Å²) in [4.78, 5) is 14.8. The van der Waals surface area contributed by atoms with Crippen molar-refractivity contribution < 1.29 is 9.53 Å². The quantitative estimate of drug-likeness (QED) is 0.823. The van der Waals surface area contributed by atoms with Crippen LogP contribution in [0.2, 0.25) is 0 Å². The molecule has 4 nitrogen and oxygen atoms in total. The van der Waals surface area contributed by atoms with Crippen molar-refractivity contribution in [2.24, 2.45) is 0 Å². The number of benzene rings is 1. The first-order chi connectivity index (χ1) is 10.1. The molecular formula is C16H23BrN2O2. The van der Waals surface area contributed by atoms with E-state index in [1.165, 1.54) is 0 Å². The SMILES string of the molecule is CCOC(=O)C(C)(Cc1ccc(Br)cc1)N1CCNCC1. The van der Waals surface area contributed by atoms with Gasteiger partial charge in [0.1, 0.15) is 5.54 Å². The van der Waals surface area contributed by atoms with E-state index in [-0.39, 0.29) is 5.97 Å². The van der Waals surface area contributed by atoms with Crippen molar-refractivity contribution in [2.45, 2.75) is 25.8 Å². The molecule has 0 amide bonds. The van der Waals surface area contributed by atoms with Gasteiger partial charge in [0, 0.05) is 37.1 Å². The molecule has 0 saturated carbocycles. The van der Waals surface area contributed by atoms with Crippen LogP contribution in [0.5, 0.6) is 0 Å². The summed E-state index contributed by atoms with van der Waals surface area (Å²) in [7, 11) is 0. The van der Waals surface area contributed by atoms with Gasteiger partial charge in [0.2, 0.25) is 0 Å². The highest BCUT2D eigenvalue weighted by Gasteiger charge is 2.41. The molecule has 1 unspecified atom stereocenters. The Morgan fingerprint density at radius 2 is 1.95 bits per heavy atom. The molecule has 2 rings (SSSR count). The van der Waals surface area contributed by atoms with Crippen LogP contribution in [0.4, 0.5) is 0 Å². The molecule has 0 aromatic heterocycles. The monoisotopic (exact) mass is 354 g/mol. The minimum atomic E-state index is -0.605. The van der Waals surface area contributed by atoms with Crippen LogP contribution in [0.1, 0.15) is 19.4 Å². The first-order valence-corrected chi connectivity index (χ1v) is 8.23. The van der Waals surface area contributed by atoms with E-state index in [0.717, 1.165) is 36.2 Å². The summed E-state index contributed by atoms with van der Waals surface area (Å²) in [5.74, 6) is -0.130. The second-order valence-corrected chi connectivity index (χ2v) is 6.45. The standard InChI is InChI=1S/C16H23BrN2O2/c1-3-21-15(20)16(2,19-10-8-18-9-11-19)12-13-4-6-14(17)7-5-13/h4-7,18H,3,8-12H2,1-2H3. The van der Waals surface area contributed by atoms with Crippen molar-refractivity contribution in [3.8, 4) is 0 Å². The van der Waals surface area contributed by atoms with Crippen molar-refractivity contribution in [2.75, 3.05) is 32.8 Å². The van der Waals surface area contributed by atoms with Crippen LogP contribution in [0.3, 0.4) is 0 Å². The van der Waals surface area contributed by atoms with Crippen LogP contribution in [0.15, 0.2) is 28.7 Å². The van der Waals surface area contributed by atoms with Crippen LogP contribution < -0.4 is 5.32 Å². The smallest absolute Gasteiger partial charge is 0.326 e. The summed E-state index contributed by atoms with van der Waals surface area (Å²) in [6.07, 6.45) is 0.666. The number of piperazine rings is 1. The number of hydrogen-bond donors (Lipinski definition) is 1. The summed E-state index contributed by atoms with van der Waals surface area (Å²) in [5.41, 5.74) is 0.540. The predicted octanol–water partition coefficient (Wildman–Crippen LogP) is 2.22. The normalized spacial score (nSPS) is 19.0. The van der Waals surface area contributed by atoms with Crippen LogP contribution in [-0.4, -0.2) is 49.2 Å². The molecule has 0 spiro atoms. The van der Waals surface area contributed by atoms with Crippen LogP contribution in [-0.2, 0) is 16.0 Å². The topological polar surface area (TPSA) is 41.6 Å². The van der Waals surface area contributed by atoms with Crippen molar-refractivity contribution in [1.29, 1.82) is 0 Å². The fourth-order valence-corrected chi connectivity index (χ4v) is 3.02. The van der Waals surface area contributed by atoms with Gasteiger partial charge in [-0.25, -0.2) is 0 Å². The lowest BCUT2D eigenvalue weighted by Gasteiger charge is -2.41. The van der Waals surface area contributed by atoms with E-state index in [1.54, 1.807) is 0 Å². The molecule has 1 N–H and O–H groups in total. The lowest BCUT2D eigenvalue weighted by atomic mass is 9.90. The van der Waals surface area contributed by atoms with Gasteiger partial charge in [-0.1, -0.05) is 28.1 Å². The van der Waals surface area contributed by atoms with Crippen molar-refractivity contribution in [3.63, 3.8) is 0 Å². The van der Waals surface area contributed by atoms with Crippen molar-refractivity contribution in [1.82, 2.24) is 10.2 Å². The highest BCUT2D eigenvalue weighted by molar-refractivity contribution is 9.10. The molecule has 5 heteroatoms. The Morgan fingerprint density at radius 3 is 2.52 bits per heavy atom. The number of esters is 1. The van der Waals surface area contributed by atoms with Gasteiger partial charge in [-0.3, -0.25) is 9.69 Å². The second kappa shape index (κ2) is 7.38. The average molecular weight is 355 g/mol. The Bertz CT molecular complexity index is 472. The van der Waals surface area contributed by atoms with Gasteiger partial charge in [-0.15, -0.1) is 0 Å². The predicted molar refractivity (Wildman–Crippen MR) is 87.3 cm³/mol. The molecule has 0 bridgehead atoms. The molecule has 1 heterocycles. The number of carbonyl (C=O) groups is 1. The zero-order valence-electron chi connectivity index (χ0n) is 12.7. The van der Waals surface area contributed by atoms with E-state index in [2.05, 4.69) is 38.3 Å². The number of hydrogen-bond acceptors (Lipinski definition) is 4. The molecule has 0 aliphatic carbocycles. The van der Waals surface area contributed by atoms with E-state index >= 15 is 0 Å². The Hall–Kier alpha value is -0.910. The molecule has 1 atom stereocenters. The Balaban J connectivity index is 2.21. The molecule has 1 aromatic rings. The Labute approximate surface area is 135 Å². The van der Waals surface area contributed by atoms with Gasteiger partial charge in [0.05, 0.1) is 6.61 Å². The zero-order chi connectivity index (χ0) is 15.3. The van der Waals surface area contributed by atoms with E-state index in [0.29, 0.717) is 13.0 Å². The lowest BCUT2D eigenvalue weighted by Crippen LogP contribution is -2.60. The van der Waals surface area contributed by atoms with E-state index < -0.39 is 5.54 Å². The number of nitrogens with zero attached hydrogens (tertiary/aromatic N) is 1. The van der Waals surface area contributed by atoms with Crippen molar-refractivity contribution >= 4 is 21.9 Å². The third-order valence-corrected chi connectivity index (χ3v) is 4.52. The molecule has 21 heavy (non-hydrogen) atoms. The van der Waals surface area contributed by atoms with Crippen LogP contribution in [0, 0.1) is 0 Å². The number of rotatable bonds is 5. The maximum Gasteiger partial charge on any atom is 0.326 e. The lowest BCUT2D eigenvalue weighted by molar-refractivity contribution is -0.157. The first kappa shape index (κ1) is 16.5. The van der Waals surface area contributed by atoms with E-state index in [1.807, 2.05) is 26.0 Å². The fourth-order valence-electron chi connectivity index (χ4n) is 2.76. The minimum Gasteiger partial charge on any atom is -0.465 e. The summed E-state index contributed by atoms with van der Waals surface area (Å²) >= 11 is 3.45. The van der Waals surface area contributed by atoms with E-state index in [4.69, 9.17) is 4.74 Å². The summed E-state index contributed by atoms with van der Waals surface area (Å²) in [6.45, 7) is 7.83. The first-order valence-electron chi connectivity index (χ1n) is 7.43. The third kappa shape index (κ3) is 4.05. The number of carbonyl (C=O) groups excluding carboxylic acids is 1. The van der Waals surface area contributed by atoms with Gasteiger partial charge >= 0.3 is 5.97 Å². The maximum absolute atomic E-state index is 12.5. The van der Waals surface area contributed by atoms with Crippen molar-refractivity contribution in [3.05, 3.63) is 34.3 Å². The summed E-state index contributed by atoms with van der Waals surface area (Å²) in [6, 6.07) is 8.14. The second-order valence-electron chi connectivity index (χ2n) is 5.53. The largest absolute Gasteiger partial charge is 0.465 e. The van der Waals surface area contributed by atoms with Gasteiger partial charge in [0.25, 0.3) is 0 Å². The third-order valence-electron chi connectivity index (χ3n) is 3.99. The Morgan fingerprint density at radius 1 is 1.33 bits per heavy atom. The van der Waals surface area contributed by atoms with E-state index in [9.17, 15) is 4.79 Å². The number of ether oxygens (including phenoxy) is 1. The van der Waals surface area contributed by atoms with Crippen LogP contribution >= 0.6 is 15.9 Å². The molecule has 116 valence electrons. The van der Waals surface area contributed by atoms with Crippen LogP contribution in [0.25, 0.3) is 0 Å². The van der Waals surface area contributed by atoms with Gasteiger partial charge in [0.15, 0.2) is 0 Å². The molecule has 1 saturated heterocycles.